The second-order valence-corrected chi connectivity index (χ2v) is 1.72. The van der Waals surface area contributed by atoms with Crippen LogP contribution in [0.25, 0.3) is 0 Å². The van der Waals surface area contributed by atoms with Crippen LogP contribution < -0.4 is 0 Å². The summed E-state index contributed by atoms with van der Waals surface area (Å²) < 4.78 is 0. The molecular formula is C6H13NO. The highest BCUT2D eigenvalue weighted by Crippen LogP contribution is 1.80. The molecule has 0 aromatic heterocycles. The Bertz CT molecular complexity index is 68.9. The Morgan fingerprint density at radius 3 is 2.50 bits per heavy atom. The minimum atomic E-state index is 0.619. The van der Waals surface area contributed by atoms with Crippen LogP contribution in [0.1, 0.15) is 13.3 Å². The van der Waals surface area contributed by atoms with Crippen LogP contribution in [0.2, 0.25) is 0 Å². The van der Waals surface area contributed by atoms with Gasteiger partial charge in [-0.25, -0.2) is 0 Å². The minimum Gasteiger partial charge on any atom is -0.314 e. The lowest BCUT2D eigenvalue weighted by Crippen LogP contribution is -2.11. The Balaban J connectivity index is 3.03. The number of hydrogen-bond acceptors (Lipinski definition) is 2. The predicted molar refractivity (Wildman–Crippen MR) is 33.8 cm³/mol. The SMILES string of the molecule is CCC=CCN(C)O. The largest absolute Gasteiger partial charge is 0.314 e. The molecule has 0 bridgehead atoms. The van der Waals surface area contributed by atoms with Crippen LogP contribution >= 0.6 is 0 Å². The molecule has 0 amide bonds. The van der Waals surface area contributed by atoms with Crippen molar-refractivity contribution in [3.63, 3.8) is 0 Å². The summed E-state index contributed by atoms with van der Waals surface area (Å²) in [4.78, 5) is 0. The predicted octanol–water partition coefficient (Wildman–Crippen LogP) is 1.27. The zero-order valence-corrected chi connectivity index (χ0v) is 5.46. The number of hydrogen-bond donors (Lipinski definition) is 1. The Morgan fingerprint density at radius 2 is 2.12 bits per heavy atom. The molecule has 2 heteroatoms. The van der Waals surface area contributed by atoms with Crippen molar-refractivity contribution in [2.45, 2.75) is 13.3 Å². The van der Waals surface area contributed by atoms with Crippen LogP contribution in [0.3, 0.4) is 0 Å². The second kappa shape index (κ2) is 4.81. The maximum atomic E-state index is 8.56. The van der Waals surface area contributed by atoms with Crippen LogP contribution in [0.15, 0.2) is 12.2 Å². The Labute approximate surface area is 50.4 Å². The molecule has 8 heavy (non-hydrogen) atoms. The molecule has 0 radical (unpaired) electrons. The van der Waals surface area contributed by atoms with Gasteiger partial charge in [0.1, 0.15) is 0 Å². The van der Waals surface area contributed by atoms with Crippen molar-refractivity contribution in [3.05, 3.63) is 12.2 Å². The Morgan fingerprint density at radius 1 is 1.50 bits per heavy atom. The van der Waals surface area contributed by atoms with Crippen LogP contribution in [-0.2, 0) is 0 Å². The van der Waals surface area contributed by atoms with Gasteiger partial charge in [-0.3, -0.25) is 0 Å². The molecule has 0 saturated carbocycles. The van der Waals surface area contributed by atoms with Crippen molar-refractivity contribution in [1.29, 1.82) is 0 Å². The van der Waals surface area contributed by atoms with E-state index >= 15 is 0 Å². The molecule has 0 aliphatic carbocycles. The number of rotatable bonds is 3. The highest BCUT2D eigenvalue weighted by molar-refractivity contribution is 4.80. The van der Waals surface area contributed by atoms with Gasteiger partial charge in [-0.1, -0.05) is 19.1 Å². The van der Waals surface area contributed by atoms with Crippen molar-refractivity contribution in [2.75, 3.05) is 13.6 Å². The highest BCUT2D eigenvalue weighted by atomic mass is 16.5. The lowest BCUT2D eigenvalue weighted by molar-refractivity contribution is -0.0534. The number of allylic oxidation sites excluding steroid dienone is 1. The van der Waals surface area contributed by atoms with E-state index in [4.69, 9.17) is 5.21 Å². The standard InChI is InChI=1S/C6H13NO/c1-3-4-5-6-7(2)8/h4-5,8H,3,6H2,1-2H3. The average Bonchev–Trinajstić information content (AvgIpc) is 1.66. The molecule has 0 unspecified atom stereocenters. The fourth-order valence-corrected chi connectivity index (χ4v) is 0.394. The van der Waals surface area contributed by atoms with Crippen molar-refractivity contribution < 1.29 is 5.21 Å². The maximum absolute atomic E-state index is 8.56. The van der Waals surface area contributed by atoms with Gasteiger partial charge in [0, 0.05) is 13.6 Å². The number of nitrogens with zero attached hydrogens (tertiary/aromatic N) is 1. The summed E-state index contributed by atoms with van der Waals surface area (Å²) in [6, 6.07) is 0. The van der Waals surface area contributed by atoms with Crippen molar-refractivity contribution in [2.24, 2.45) is 0 Å². The van der Waals surface area contributed by atoms with Gasteiger partial charge in [0.2, 0.25) is 0 Å². The molecule has 0 aliphatic heterocycles. The average molecular weight is 115 g/mol. The fourth-order valence-electron chi connectivity index (χ4n) is 0.394. The summed E-state index contributed by atoms with van der Waals surface area (Å²) in [6.45, 7) is 2.68. The molecule has 0 aliphatic rings. The van der Waals surface area contributed by atoms with E-state index < -0.39 is 0 Å². The van der Waals surface area contributed by atoms with Crippen LogP contribution in [0.4, 0.5) is 0 Å². The fraction of sp³-hybridized carbons (Fsp3) is 0.667. The van der Waals surface area contributed by atoms with Gasteiger partial charge in [0.05, 0.1) is 0 Å². The molecule has 0 rings (SSSR count). The third-order valence-electron chi connectivity index (χ3n) is 0.772. The van der Waals surface area contributed by atoms with Crippen molar-refractivity contribution in [1.82, 2.24) is 5.06 Å². The summed E-state index contributed by atoms with van der Waals surface area (Å²) in [7, 11) is 1.62. The van der Waals surface area contributed by atoms with E-state index in [2.05, 4.69) is 6.92 Å². The van der Waals surface area contributed by atoms with Gasteiger partial charge in [0.15, 0.2) is 0 Å². The first-order valence-corrected chi connectivity index (χ1v) is 2.82. The first kappa shape index (κ1) is 7.66. The highest BCUT2D eigenvalue weighted by Gasteiger charge is 1.80. The quantitative estimate of drug-likeness (QED) is 0.442. The summed E-state index contributed by atoms with van der Waals surface area (Å²) in [5.41, 5.74) is 0. The van der Waals surface area contributed by atoms with E-state index in [1.807, 2.05) is 12.2 Å². The molecule has 48 valence electrons. The number of hydroxylamine groups is 2. The van der Waals surface area contributed by atoms with Crippen molar-refractivity contribution >= 4 is 0 Å². The topological polar surface area (TPSA) is 23.5 Å². The first-order valence-electron chi connectivity index (χ1n) is 2.82. The van der Waals surface area contributed by atoms with E-state index in [0.717, 1.165) is 11.5 Å². The third kappa shape index (κ3) is 5.66. The van der Waals surface area contributed by atoms with E-state index in [1.165, 1.54) is 0 Å². The Kier molecular flexibility index (Phi) is 4.61. The summed E-state index contributed by atoms with van der Waals surface area (Å²) in [5, 5.41) is 9.71. The maximum Gasteiger partial charge on any atom is 0.0415 e. The van der Waals surface area contributed by atoms with Crippen LogP contribution in [-0.4, -0.2) is 23.9 Å². The van der Waals surface area contributed by atoms with Gasteiger partial charge in [0.25, 0.3) is 0 Å². The van der Waals surface area contributed by atoms with Gasteiger partial charge < -0.3 is 5.21 Å². The molecule has 0 aromatic rings. The van der Waals surface area contributed by atoms with Crippen LogP contribution in [0.5, 0.6) is 0 Å². The van der Waals surface area contributed by atoms with Gasteiger partial charge in [-0.05, 0) is 6.42 Å². The van der Waals surface area contributed by atoms with E-state index in [0.29, 0.717) is 6.54 Å². The molecule has 0 atom stereocenters. The molecule has 0 fully saturated rings. The first-order chi connectivity index (χ1) is 3.77. The lowest BCUT2D eigenvalue weighted by Gasteiger charge is -2.00. The lowest BCUT2D eigenvalue weighted by atomic mass is 10.4. The molecule has 0 aromatic carbocycles. The van der Waals surface area contributed by atoms with Crippen LogP contribution in [0, 0.1) is 0 Å². The van der Waals surface area contributed by atoms with E-state index in [9.17, 15) is 0 Å². The zero-order chi connectivity index (χ0) is 6.41. The van der Waals surface area contributed by atoms with E-state index in [-0.39, 0.29) is 0 Å². The summed E-state index contributed by atoms with van der Waals surface area (Å²) in [6.07, 6.45) is 4.99. The molecule has 0 heterocycles. The van der Waals surface area contributed by atoms with Crippen molar-refractivity contribution in [3.8, 4) is 0 Å². The van der Waals surface area contributed by atoms with Gasteiger partial charge in [-0.2, -0.15) is 5.06 Å². The summed E-state index contributed by atoms with van der Waals surface area (Å²) in [5.74, 6) is 0. The smallest absolute Gasteiger partial charge is 0.0415 e. The zero-order valence-electron chi connectivity index (χ0n) is 5.46. The molecule has 1 N–H and O–H groups in total. The molecular weight excluding hydrogens is 102 g/mol. The summed E-state index contributed by atoms with van der Waals surface area (Å²) >= 11 is 0. The second-order valence-electron chi connectivity index (χ2n) is 1.72. The molecule has 0 spiro atoms. The molecule has 2 nitrogen and oxygen atoms in total. The monoisotopic (exact) mass is 115 g/mol. The van der Waals surface area contributed by atoms with Gasteiger partial charge >= 0.3 is 0 Å². The van der Waals surface area contributed by atoms with E-state index in [1.54, 1.807) is 7.05 Å². The minimum absolute atomic E-state index is 0.619. The van der Waals surface area contributed by atoms with Gasteiger partial charge in [-0.15, -0.1) is 0 Å². The molecule has 0 saturated heterocycles. The number of likely N-dealkylation sites (N-methyl/N-ethyl adjacent to an activating group) is 1. The third-order valence-corrected chi connectivity index (χ3v) is 0.772. The normalized spacial score (nSPS) is 11.5. The Hall–Kier alpha value is -0.340.